The van der Waals surface area contributed by atoms with Gasteiger partial charge in [0, 0.05) is 16.9 Å². The van der Waals surface area contributed by atoms with E-state index >= 15 is 0 Å². The average molecular weight is 248 g/mol. The van der Waals surface area contributed by atoms with Crippen LogP contribution in [-0.2, 0) is 0 Å². The van der Waals surface area contributed by atoms with Crippen LogP contribution < -0.4 is 0 Å². The van der Waals surface area contributed by atoms with Crippen molar-refractivity contribution >= 4 is 15.9 Å². The highest BCUT2D eigenvalue weighted by Crippen LogP contribution is 2.21. The maximum Gasteiger partial charge on any atom is 0.217 e. The highest BCUT2D eigenvalue weighted by Gasteiger charge is 2.05. The molecular formula is C10H6BrN3. The molecule has 1 aromatic carbocycles. The lowest BCUT2D eigenvalue weighted by Crippen LogP contribution is -1.96. The van der Waals surface area contributed by atoms with Crippen molar-refractivity contribution in [1.29, 1.82) is 5.26 Å². The van der Waals surface area contributed by atoms with Gasteiger partial charge in [-0.05, 0) is 28.1 Å². The number of benzene rings is 1. The van der Waals surface area contributed by atoms with E-state index in [-0.39, 0.29) is 0 Å². The summed E-state index contributed by atoms with van der Waals surface area (Å²) in [6.45, 7) is 0. The maximum atomic E-state index is 8.81. The van der Waals surface area contributed by atoms with Crippen molar-refractivity contribution in [2.45, 2.75) is 0 Å². The number of hydrogen-bond donors (Lipinski definition) is 0. The summed E-state index contributed by atoms with van der Waals surface area (Å²) in [6, 6.07) is 9.73. The summed E-state index contributed by atoms with van der Waals surface area (Å²) in [5.74, 6) is 0.386. The van der Waals surface area contributed by atoms with Gasteiger partial charge in [0.2, 0.25) is 5.82 Å². The van der Waals surface area contributed by atoms with Crippen molar-refractivity contribution < 1.29 is 0 Å². The Bertz CT molecular complexity index is 496. The van der Waals surface area contributed by atoms with Gasteiger partial charge in [-0.15, -0.1) is 0 Å². The molecule has 0 aliphatic rings. The molecule has 68 valence electrons. The summed E-state index contributed by atoms with van der Waals surface area (Å²) in [5, 5.41) is 8.81. The van der Waals surface area contributed by atoms with Gasteiger partial charge in [-0.2, -0.15) is 5.26 Å². The minimum atomic E-state index is 0.386. The molecule has 0 fully saturated rings. The Balaban J connectivity index is 2.62. The smallest absolute Gasteiger partial charge is 0.217 e. The summed E-state index contributed by atoms with van der Waals surface area (Å²) in [5.41, 5.74) is 0.918. The average Bonchev–Trinajstić information content (AvgIpc) is 2.66. The monoisotopic (exact) mass is 247 g/mol. The largest absolute Gasteiger partial charge is 0.290 e. The molecule has 0 bridgehead atoms. The van der Waals surface area contributed by atoms with E-state index in [4.69, 9.17) is 5.26 Å². The minimum absolute atomic E-state index is 0.386. The Kier molecular flexibility index (Phi) is 2.33. The molecule has 0 saturated carbocycles. The third-order valence-corrected chi connectivity index (χ3v) is 2.52. The summed E-state index contributed by atoms with van der Waals surface area (Å²) >= 11 is 3.42. The fraction of sp³-hybridized carbons (Fsp3) is 0. The molecule has 0 amide bonds. The van der Waals surface area contributed by atoms with Gasteiger partial charge in [0.15, 0.2) is 0 Å². The zero-order valence-corrected chi connectivity index (χ0v) is 8.77. The second-order valence-electron chi connectivity index (χ2n) is 2.68. The summed E-state index contributed by atoms with van der Waals surface area (Å²) in [6.07, 6.45) is 3.37. The molecule has 3 nitrogen and oxygen atoms in total. The lowest BCUT2D eigenvalue weighted by Gasteiger charge is -2.04. The van der Waals surface area contributed by atoms with Crippen LogP contribution in [0.15, 0.2) is 41.1 Å². The van der Waals surface area contributed by atoms with Gasteiger partial charge in [0.25, 0.3) is 0 Å². The SMILES string of the molecule is N#Cc1nccn1-c1ccccc1Br. The predicted molar refractivity (Wildman–Crippen MR) is 56.0 cm³/mol. The molecule has 4 heteroatoms. The van der Waals surface area contributed by atoms with Crippen LogP contribution in [0.3, 0.4) is 0 Å². The predicted octanol–water partition coefficient (Wildman–Crippen LogP) is 2.51. The van der Waals surface area contributed by atoms with Gasteiger partial charge in [0.05, 0.1) is 5.69 Å². The van der Waals surface area contributed by atoms with Gasteiger partial charge >= 0.3 is 0 Å². The minimum Gasteiger partial charge on any atom is -0.290 e. The molecule has 0 N–H and O–H groups in total. The summed E-state index contributed by atoms with van der Waals surface area (Å²) in [4.78, 5) is 3.93. The van der Waals surface area contributed by atoms with E-state index in [1.807, 2.05) is 30.3 Å². The molecule has 0 radical (unpaired) electrons. The van der Waals surface area contributed by atoms with E-state index in [1.54, 1.807) is 17.0 Å². The number of hydrogen-bond acceptors (Lipinski definition) is 2. The van der Waals surface area contributed by atoms with E-state index in [0.717, 1.165) is 10.2 Å². The topological polar surface area (TPSA) is 41.6 Å². The molecule has 0 atom stereocenters. The molecule has 0 aliphatic heterocycles. The van der Waals surface area contributed by atoms with E-state index in [2.05, 4.69) is 20.9 Å². The number of aromatic nitrogens is 2. The molecule has 2 aromatic rings. The van der Waals surface area contributed by atoms with Crippen LogP contribution in [0.4, 0.5) is 0 Å². The molecule has 2 rings (SSSR count). The maximum absolute atomic E-state index is 8.81. The highest BCUT2D eigenvalue weighted by molar-refractivity contribution is 9.10. The molecule has 1 heterocycles. The fourth-order valence-electron chi connectivity index (χ4n) is 1.23. The fourth-order valence-corrected chi connectivity index (χ4v) is 1.70. The first-order valence-corrected chi connectivity index (χ1v) is 4.80. The normalized spacial score (nSPS) is 9.71. The lowest BCUT2D eigenvalue weighted by atomic mass is 10.3. The standard InChI is InChI=1S/C10H6BrN3/c11-8-3-1-2-4-9(8)14-6-5-13-10(14)7-12/h1-6H. The zero-order chi connectivity index (χ0) is 9.97. The van der Waals surface area contributed by atoms with E-state index in [0.29, 0.717) is 5.82 Å². The zero-order valence-electron chi connectivity index (χ0n) is 7.18. The van der Waals surface area contributed by atoms with Crippen molar-refractivity contribution in [3.63, 3.8) is 0 Å². The molecule has 0 spiro atoms. The number of imidazole rings is 1. The van der Waals surface area contributed by atoms with Crippen LogP contribution >= 0.6 is 15.9 Å². The van der Waals surface area contributed by atoms with Gasteiger partial charge in [-0.25, -0.2) is 4.98 Å². The Labute approximate surface area is 89.8 Å². The molecule has 0 unspecified atom stereocenters. The number of nitriles is 1. The molecule has 1 aromatic heterocycles. The van der Waals surface area contributed by atoms with Crippen molar-refractivity contribution in [3.8, 4) is 11.8 Å². The molecule has 0 saturated heterocycles. The Morgan fingerprint density at radius 2 is 2.14 bits per heavy atom. The highest BCUT2D eigenvalue weighted by atomic mass is 79.9. The van der Waals surface area contributed by atoms with Gasteiger partial charge in [-0.3, -0.25) is 4.57 Å². The molecule has 14 heavy (non-hydrogen) atoms. The van der Waals surface area contributed by atoms with Crippen LogP contribution in [0.5, 0.6) is 0 Å². The van der Waals surface area contributed by atoms with E-state index < -0.39 is 0 Å². The van der Waals surface area contributed by atoms with E-state index in [1.165, 1.54) is 0 Å². The van der Waals surface area contributed by atoms with Crippen molar-refractivity contribution in [3.05, 3.63) is 47.0 Å². The first kappa shape index (κ1) is 8.97. The Hall–Kier alpha value is -1.60. The number of rotatable bonds is 1. The number of nitrogens with zero attached hydrogens (tertiary/aromatic N) is 3. The Morgan fingerprint density at radius 1 is 1.36 bits per heavy atom. The van der Waals surface area contributed by atoms with Crippen LogP contribution in [-0.4, -0.2) is 9.55 Å². The second-order valence-corrected chi connectivity index (χ2v) is 3.54. The van der Waals surface area contributed by atoms with Crippen LogP contribution in [0.1, 0.15) is 5.82 Å². The number of halogens is 1. The second kappa shape index (κ2) is 3.64. The Morgan fingerprint density at radius 3 is 2.86 bits per heavy atom. The van der Waals surface area contributed by atoms with Crippen LogP contribution in [0, 0.1) is 11.3 Å². The third-order valence-electron chi connectivity index (χ3n) is 1.85. The summed E-state index contributed by atoms with van der Waals surface area (Å²) < 4.78 is 2.68. The van der Waals surface area contributed by atoms with Gasteiger partial charge in [-0.1, -0.05) is 12.1 Å². The van der Waals surface area contributed by atoms with Gasteiger partial charge in [0.1, 0.15) is 6.07 Å². The quantitative estimate of drug-likeness (QED) is 0.777. The first-order valence-electron chi connectivity index (χ1n) is 4.01. The van der Waals surface area contributed by atoms with Crippen molar-refractivity contribution in [2.75, 3.05) is 0 Å². The number of para-hydroxylation sites is 1. The van der Waals surface area contributed by atoms with Crippen molar-refractivity contribution in [2.24, 2.45) is 0 Å². The van der Waals surface area contributed by atoms with Crippen molar-refractivity contribution in [1.82, 2.24) is 9.55 Å². The molecular weight excluding hydrogens is 242 g/mol. The van der Waals surface area contributed by atoms with Crippen LogP contribution in [0.2, 0.25) is 0 Å². The molecule has 0 aliphatic carbocycles. The summed E-state index contributed by atoms with van der Waals surface area (Å²) in [7, 11) is 0. The first-order chi connectivity index (χ1) is 6.83. The lowest BCUT2D eigenvalue weighted by molar-refractivity contribution is 1.01. The van der Waals surface area contributed by atoms with Crippen LogP contribution in [0.25, 0.3) is 5.69 Å². The third kappa shape index (κ3) is 1.42. The van der Waals surface area contributed by atoms with E-state index in [9.17, 15) is 0 Å². The van der Waals surface area contributed by atoms with Gasteiger partial charge < -0.3 is 0 Å².